The molecule has 0 amide bonds. The van der Waals surface area contributed by atoms with E-state index >= 15 is 0 Å². The Morgan fingerprint density at radius 2 is 1.90 bits per heavy atom. The van der Waals surface area contributed by atoms with Crippen LogP contribution in [0.25, 0.3) is 11.0 Å². The van der Waals surface area contributed by atoms with Crippen LogP contribution in [0.2, 0.25) is 0 Å². The Bertz CT molecular complexity index is 1170. The van der Waals surface area contributed by atoms with Gasteiger partial charge in [-0.25, -0.2) is 13.4 Å². The molecule has 164 valence electrons. The number of anilines is 1. The minimum absolute atomic E-state index is 0.0633. The van der Waals surface area contributed by atoms with E-state index in [0.717, 1.165) is 22.9 Å². The largest absolute Gasteiger partial charge is 0.379 e. The van der Waals surface area contributed by atoms with Crippen molar-refractivity contribution in [3.8, 4) is 0 Å². The van der Waals surface area contributed by atoms with Crippen molar-refractivity contribution in [1.82, 2.24) is 19.2 Å². The van der Waals surface area contributed by atoms with Crippen molar-refractivity contribution in [2.45, 2.75) is 11.3 Å². The molecule has 4 rings (SSSR count). The molecule has 0 atom stereocenters. The van der Waals surface area contributed by atoms with Crippen molar-refractivity contribution in [1.29, 1.82) is 0 Å². The zero-order valence-corrected chi connectivity index (χ0v) is 17.9. The Morgan fingerprint density at radius 3 is 2.61 bits per heavy atom. The number of fused-ring (bicyclic) bond motifs is 1. The van der Waals surface area contributed by atoms with Crippen LogP contribution in [0.1, 0.15) is 5.82 Å². The Morgan fingerprint density at radius 1 is 1.16 bits per heavy atom. The first-order chi connectivity index (χ1) is 14.8. The number of sulfonamides is 1. The number of para-hydroxylation sites is 2. The Balaban J connectivity index is 1.48. The van der Waals surface area contributed by atoms with Crippen LogP contribution in [0.4, 0.5) is 11.4 Å². The molecule has 0 unspecified atom stereocenters. The molecule has 1 saturated heterocycles. The van der Waals surface area contributed by atoms with Crippen LogP contribution in [0, 0.1) is 10.1 Å². The van der Waals surface area contributed by atoms with E-state index in [0.29, 0.717) is 39.1 Å². The van der Waals surface area contributed by atoms with E-state index in [1.807, 2.05) is 36.2 Å². The molecule has 2 N–H and O–H groups in total. The number of nitrogens with one attached hydrogen (secondary N) is 2. The molecular formula is C20H24N6O4S. The maximum absolute atomic E-state index is 12.9. The molecule has 1 fully saturated rings. The highest BCUT2D eigenvalue weighted by Gasteiger charge is 2.29. The van der Waals surface area contributed by atoms with Crippen molar-refractivity contribution < 1.29 is 13.3 Å². The van der Waals surface area contributed by atoms with Gasteiger partial charge in [-0.05, 0) is 31.3 Å². The molecule has 10 nitrogen and oxygen atoms in total. The highest BCUT2D eigenvalue weighted by molar-refractivity contribution is 7.89. The fourth-order valence-corrected chi connectivity index (χ4v) is 5.03. The van der Waals surface area contributed by atoms with Gasteiger partial charge in [0.1, 0.15) is 11.5 Å². The van der Waals surface area contributed by atoms with Crippen molar-refractivity contribution in [3.63, 3.8) is 0 Å². The maximum atomic E-state index is 12.9. The molecule has 31 heavy (non-hydrogen) atoms. The molecule has 0 radical (unpaired) electrons. The van der Waals surface area contributed by atoms with Crippen LogP contribution in [0.15, 0.2) is 47.4 Å². The smallest absolute Gasteiger partial charge is 0.293 e. The zero-order chi connectivity index (χ0) is 22.0. The fraction of sp³-hybridized carbons (Fsp3) is 0.350. The third-order valence-electron chi connectivity index (χ3n) is 5.38. The SMILES string of the molecule is CN1CCN(S(=O)(=O)c2ccc(NCCc3nc4ccccc4[nH]3)c([N+](=O)[O-])c2)CC1. The van der Waals surface area contributed by atoms with Gasteiger partial charge in [0.15, 0.2) is 0 Å². The zero-order valence-electron chi connectivity index (χ0n) is 17.1. The van der Waals surface area contributed by atoms with Gasteiger partial charge >= 0.3 is 0 Å². The van der Waals surface area contributed by atoms with Crippen LogP contribution in [-0.2, 0) is 16.4 Å². The van der Waals surface area contributed by atoms with Crippen molar-refractivity contribution in [3.05, 3.63) is 58.4 Å². The maximum Gasteiger partial charge on any atom is 0.293 e. The molecule has 1 aliphatic rings. The van der Waals surface area contributed by atoms with Crippen molar-refractivity contribution in [2.24, 2.45) is 0 Å². The standard InChI is InChI=1S/C20H24N6O4S/c1-24-10-12-25(13-11-24)31(29,30)15-6-7-18(19(14-15)26(27)28)21-9-8-20-22-16-4-2-3-5-17(16)23-20/h2-7,14,21H,8-13H2,1H3,(H,22,23). The number of nitrogens with zero attached hydrogens (tertiary/aromatic N) is 4. The van der Waals surface area contributed by atoms with Gasteiger partial charge in [0.05, 0.1) is 20.9 Å². The first kappa shape index (κ1) is 21.2. The predicted octanol–water partition coefficient (Wildman–Crippen LogP) is 2.06. The van der Waals surface area contributed by atoms with E-state index in [4.69, 9.17) is 0 Å². The van der Waals surface area contributed by atoms with Crippen LogP contribution in [0.3, 0.4) is 0 Å². The molecule has 3 aromatic rings. The van der Waals surface area contributed by atoms with Crippen LogP contribution in [-0.4, -0.2) is 72.3 Å². The van der Waals surface area contributed by atoms with Crippen LogP contribution < -0.4 is 5.32 Å². The summed E-state index contributed by atoms with van der Waals surface area (Å²) < 4.78 is 27.2. The Kier molecular flexibility index (Phi) is 5.90. The van der Waals surface area contributed by atoms with Gasteiger partial charge < -0.3 is 15.2 Å². The van der Waals surface area contributed by atoms with E-state index in [1.54, 1.807) is 0 Å². The summed E-state index contributed by atoms with van der Waals surface area (Å²) in [4.78, 5) is 20.7. The summed E-state index contributed by atoms with van der Waals surface area (Å²) in [5, 5.41) is 14.6. The molecule has 2 heterocycles. The second kappa shape index (κ2) is 8.61. The fourth-order valence-electron chi connectivity index (χ4n) is 3.59. The first-order valence-corrected chi connectivity index (χ1v) is 11.4. The van der Waals surface area contributed by atoms with Gasteiger partial charge in [-0.3, -0.25) is 10.1 Å². The van der Waals surface area contributed by atoms with E-state index in [-0.39, 0.29) is 16.3 Å². The monoisotopic (exact) mass is 444 g/mol. The summed E-state index contributed by atoms with van der Waals surface area (Å²) >= 11 is 0. The lowest BCUT2D eigenvalue weighted by Gasteiger charge is -2.31. The van der Waals surface area contributed by atoms with Crippen LogP contribution >= 0.6 is 0 Å². The molecule has 0 spiro atoms. The first-order valence-electron chi connectivity index (χ1n) is 9.99. The second-order valence-corrected chi connectivity index (χ2v) is 9.46. The van der Waals surface area contributed by atoms with Gasteiger partial charge in [-0.1, -0.05) is 12.1 Å². The van der Waals surface area contributed by atoms with Gasteiger partial charge in [0, 0.05) is 45.2 Å². The van der Waals surface area contributed by atoms with Crippen LogP contribution in [0.5, 0.6) is 0 Å². The number of aromatic nitrogens is 2. The summed E-state index contributed by atoms with van der Waals surface area (Å²) in [6.07, 6.45) is 0.535. The number of hydrogen-bond donors (Lipinski definition) is 2. The summed E-state index contributed by atoms with van der Waals surface area (Å²) in [6.45, 7) is 2.39. The summed E-state index contributed by atoms with van der Waals surface area (Å²) in [5.74, 6) is 0.769. The number of aromatic amines is 1. The normalized spacial score (nSPS) is 15.9. The number of piperazine rings is 1. The number of nitro groups is 1. The molecule has 1 aromatic heterocycles. The number of benzene rings is 2. The number of hydrogen-bond acceptors (Lipinski definition) is 7. The second-order valence-electron chi connectivity index (χ2n) is 7.52. The number of likely N-dealkylation sites (N-methyl/N-ethyl adjacent to an activating group) is 1. The number of H-pyrrole nitrogens is 1. The quantitative estimate of drug-likeness (QED) is 0.422. The van der Waals surface area contributed by atoms with Gasteiger partial charge in [0.25, 0.3) is 5.69 Å². The third kappa shape index (κ3) is 4.53. The topological polar surface area (TPSA) is 124 Å². The highest BCUT2D eigenvalue weighted by Crippen LogP contribution is 2.29. The number of imidazole rings is 1. The number of rotatable bonds is 7. The van der Waals surface area contributed by atoms with E-state index in [1.165, 1.54) is 16.4 Å². The molecule has 0 aliphatic carbocycles. The average molecular weight is 445 g/mol. The Labute approximate surface area is 180 Å². The molecule has 1 aliphatic heterocycles. The minimum Gasteiger partial charge on any atom is -0.379 e. The lowest BCUT2D eigenvalue weighted by atomic mass is 10.2. The lowest BCUT2D eigenvalue weighted by Crippen LogP contribution is -2.47. The third-order valence-corrected chi connectivity index (χ3v) is 7.28. The molecule has 0 bridgehead atoms. The van der Waals surface area contributed by atoms with Crippen molar-refractivity contribution >= 4 is 32.4 Å². The van der Waals surface area contributed by atoms with E-state index in [2.05, 4.69) is 15.3 Å². The summed E-state index contributed by atoms with van der Waals surface area (Å²) in [7, 11) is -1.85. The van der Waals surface area contributed by atoms with Gasteiger partial charge in [0.2, 0.25) is 10.0 Å². The highest BCUT2D eigenvalue weighted by atomic mass is 32.2. The molecular weight excluding hydrogens is 420 g/mol. The van der Waals surface area contributed by atoms with E-state index < -0.39 is 14.9 Å². The van der Waals surface area contributed by atoms with Gasteiger partial charge in [-0.15, -0.1) is 0 Å². The minimum atomic E-state index is -3.78. The predicted molar refractivity (Wildman–Crippen MR) is 118 cm³/mol. The molecule has 2 aromatic carbocycles. The molecule has 11 heteroatoms. The molecule has 0 saturated carbocycles. The Hall–Kier alpha value is -3.02. The van der Waals surface area contributed by atoms with E-state index in [9.17, 15) is 18.5 Å². The lowest BCUT2D eigenvalue weighted by molar-refractivity contribution is -0.384. The summed E-state index contributed by atoms with van der Waals surface area (Å²) in [5.41, 5.74) is 1.81. The van der Waals surface area contributed by atoms with Gasteiger partial charge in [-0.2, -0.15) is 4.31 Å². The average Bonchev–Trinajstić information content (AvgIpc) is 3.17. The summed E-state index contributed by atoms with van der Waals surface area (Å²) in [6, 6.07) is 11.7. The van der Waals surface area contributed by atoms with Crippen molar-refractivity contribution in [2.75, 3.05) is 45.1 Å². The number of nitro benzene ring substituents is 1.